The van der Waals surface area contributed by atoms with Crippen molar-refractivity contribution in [1.82, 2.24) is 25.2 Å². The predicted molar refractivity (Wildman–Crippen MR) is 120 cm³/mol. The average Bonchev–Trinajstić information content (AvgIpc) is 3.54. The highest BCUT2D eigenvalue weighted by Crippen LogP contribution is 2.35. The lowest BCUT2D eigenvalue weighted by molar-refractivity contribution is -0.132. The number of hydrogen-bond acceptors (Lipinski definition) is 5. The number of aromatic amines is 1. The van der Waals surface area contributed by atoms with E-state index >= 15 is 0 Å². The van der Waals surface area contributed by atoms with Gasteiger partial charge in [-0.3, -0.25) is 9.59 Å². The van der Waals surface area contributed by atoms with Crippen LogP contribution in [0.25, 0.3) is 22.3 Å². The topological polar surface area (TPSA) is 100 Å². The maximum atomic E-state index is 13.1. The van der Waals surface area contributed by atoms with E-state index in [2.05, 4.69) is 20.3 Å². The van der Waals surface area contributed by atoms with Crippen molar-refractivity contribution in [3.63, 3.8) is 0 Å². The van der Waals surface area contributed by atoms with Crippen molar-refractivity contribution in [2.24, 2.45) is 5.92 Å². The second-order valence-corrected chi connectivity index (χ2v) is 8.60. The summed E-state index contributed by atoms with van der Waals surface area (Å²) in [4.78, 5) is 38.9. The Hall–Kier alpha value is -3.42. The van der Waals surface area contributed by atoms with Crippen molar-refractivity contribution < 1.29 is 14.3 Å². The molecule has 1 unspecified atom stereocenters. The molecule has 5 rings (SSSR count). The zero-order chi connectivity index (χ0) is 22.1. The fraction of sp³-hybridized carbons (Fsp3) is 0.417. The summed E-state index contributed by atoms with van der Waals surface area (Å²) in [5, 5.41) is 3.02. The minimum atomic E-state index is -0.295. The molecule has 2 amide bonds. The Bertz CT molecular complexity index is 1150. The van der Waals surface area contributed by atoms with Crippen molar-refractivity contribution in [2.75, 3.05) is 13.2 Å². The third kappa shape index (κ3) is 4.04. The Balaban J connectivity index is 1.43. The number of carbonyl (C=O) groups is 2. The summed E-state index contributed by atoms with van der Waals surface area (Å²) in [7, 11) is 0. The van der Waals surface area contributed by atoms with Gasteiger partial charge in [-0.1, -0.05) is 12.1 Å². The molecule has 1 saturated heterocycles. The fourth-order valence-corrected chi connectivity index (χ4v) is 4.28. The number of amides is 2. The molecule has 1 atom stereocenters. The number of H-pyrrole nitrogens is 1. The largest absolute Gasteiger partial charge is 0.493 e. The van der Waals surface area contributed by atoms with Gasteiger partial charge in [0.15, 0.2) is 0 Å². The first-order chi connectivity index (χ1) is 15.6. The highest BCUT2D eigenvalue weighted by atomic mass is 16.5. The molecule has 32 heavy (non-hydrogen) atoms. The van der Waals surface area contributed by atoms with Crippen LogP contribution in [0.4, 0.5) is 0 Å². The summed E-state index contributed by atoms with van der Waals surface area (Å²) in [5.74, 6) is 1.14. The Morgan fingerprint density at radius 3 is 2.84 bits per heavy atom. The fourth-order valence-electron chi connectivity index (χ4n) is 4.28. The quantitative estimate of drug-likeness (QED) is 0.620. The summed E-state index contributed by atoms with van der Waals surface area (Å²) in [6.45, 7) is 2.91. The molecule has 1 aliphatic heterocycles. The third-order valence-electron chi connectivity index (χ3n) is 6.23. The second-order valence-electron chi connectivity index (χ2n) is 8.60. The van der Waals surface area contributed by atoms with Gasteiger partial charge in [0.25, 0.3) is 5.91 Å². The van der Waals surface area contributed by atoms with Crippen LogP contribution >= 0.6 is 0 Å². The van der Waals surface area contributed by atoms with Crippen LogP contribution in [0.15, 0.2) is 36.8 Å². The molecule has 0 spiro atoms. The van der Waals surface area contributed by atoms with Crippen LogP contribution in [0.2, 0.25) is 0 Å². The van der Waals surface area contributed by atoms with Gasteiger partial charge >= 0.3 is 0 Å². The van der Waals surface area contributed by atoms with E-state index in [1.54, 1.807) is 18.0 Å². The Labute approximate surface area is 186 Å². The maximum Gasteiger partial charge on any atom is 0.256 e. The van der Waals surface area contributed by atoms with Gasteiger partial charge in [-0.2, -0.15) is 0 Å². The molecule has 1 aliphatic carbocycles. The molecule has 166 valence electrons. The molecule has 0 radical (unpaired) electrons. The van der Waals surface area contributed by atoms with Gasteiger partial charge in [0.2, 0.25) is 5.91 Å². The van der Waals surface area contributed by atoms with Gasteiger partial charge < -0.3 is 19.9 Å². The second kappa shape index (κ2) is 8.61. The van der Waals surface area contributed by atoms with Gasteiger partial charge in [0.1, 0.15) is 29.5 Å². The third-order valence-corrected chi connectivity index (χ3v) is 6.23. The highest BCUT2D eigenvalue weighted by Gasteiger charge is 2.28. The van der Waals surface area contributed by atoms with Gasteiger partial charge in [-0.15, -0.1) is 0 Å². The maximum absolute atomic E-state index is 13.1. The van der Waals surface area contributed by atoms with Gasteiger partial charge in [-0.05, 0) is 50.2 Å². The van der Waals surface area contributed by atoms with Crippen LogP contribution in [-0.4, -0.2) is 51.0 Å². The molecule has 1 saturated carbocycles. The lowest BCUT2D eigenvalue weighted by Crippen LogP contribution is -2.52. The average molecular weight is 434 g/mol. The minimum Gasteiger partial charge on any atom is -0.493 e. The summed E-state index contributed by atoms with van der Waals surface area (Å²) in [6, 6.07) is 7.81. The van der Waals surface area contributed by atoms with E-state index in [1.807, 2.05) is 24.3 Å². The van der Waals surface area contributed by atoms with E-state index in [4.69, 9.17) is 4.74 Å². The number of rotatable bonds is 6. The lowest BCUT2D eigenvalue weighted by Gasteiger charge is -2.35. The normalized spacial score (nSPS) is 18.5. The van der Waals surface area contributed by atoms with E-state index in [-0.39, 0.29) is 18.0 Å². The number of benzene rings is 1. The number of nitrogens with one attached hydrogen (secondary N) is 2. The summed E-state index contributed by atoms with van der Waals surface area (Å²) >= 11 is 0. The van der Waals surface area contributed by atoms with Crippen molar-refractivity contribution in [3.05, 3.63) is 42.4 Å². The standard InChI is InChI=1S/C24H27N5O3/c1-15(30)29-11-5-4-8-20(29)28-24(31)18-12-25-23-21(26-14-27-22(18)23)17-6-2-3-7-19(17)32-13-16-9-10-16/h2-3,6-7,12,14,16,20,25H,4-5,8-11,13H2,1H3,(H,28,31). The molecule has 3 heterocycles. The molecule has 2 fully saturated rings. The molecule has 2 aliphatic rings. The molecular weight excluding hydrogens is 406 g/mol. The van der Waals surface area contributed by atoms with Crippen LogP contribution in [0.1, 0.15) is 49.4 Å². The summed E-state index contributed by atoms with van der Waals surface area (Å²) in [6.07, 6.45) is 7.96. The molecule has 8 nitrogen and oxygen atoms in total. The zero-order valence-corrected chi connectivity index (χ0v) is 18.1. The predicted octanol–water partition coefficient (Wildman–Crippen LogP) is 3.50. The number of ether oxygens (including phenoxy) is 1. The van der Waals surface area contributed by atoms with E-state index < -0.39 is 0 Å². The van der Waals surface area contributed by atoms with Crippen LogP contribution in [0.3, 0.4) is 0 Å². The SMILES string of the molecule is CC(=O)N1CCCCC1NC(=O)c1c[nH]c2c(-c3ccccc3OCC3CC3)ncnc12. The van der Waals surface area contributed by atoms with Crippen LogP contribution in [0.5, 0.6) is 5.75 Å². The number of hydrogen-bond donors (Lipinski definition) is 2. The Morgan fingerprint density at radius 2 is 2.03 bits per heavy atom. The first-order valence-corrected chi connectivity index (χ1v) is 11.2. The van der Waals surface area contributed by atoms with Crippen molar-refractivity contribution in [2.45, 2.75) is 45.2 Å². The number of nitrogens with zero attached hydrogens (tertiary/aromatic N) is 3. The van der Waals surface area contributed by atoms with Gasteiger partial charge in [0, 0.05) is 25.2 Å². The van der Waals surface area contributed by atoms with Crippen molar-refractivity contribution in [3.8, 4) is 17.0 Å². The number of para-hydroxylation sites is 1. The molecule has 0 bridgehead atoms. The Morgan fingerprint density at radius 1 is 1.19 bits per heavy atom. The summed E-state index contributed by atoms with van der Waals surface area (Å²) < 4.78 is 6.06. The molecule has 2 N–H and O–H groups in total. The number of aromatic nitrogens is 3. The van der Waals surface area contributed by atoms with Gasteiger partial charge in [0.05, 0.1) is 17.7 Å². The minimum absolute atomic E-state index is 0.0265. The number of fused-ring (bicyclic) bond motifs is 1. The van der Waals surface area contributed by atoms with Crippen LogP contribution in [0, 0.1) is 5.92 Å². The number of likely N-dealkylation sites (tertiary alicyclic amines) is 1. The number of carbonyl (C=O) groups excluding carboxylic acids is 2. The van der Waals surface area contributed by atoms with E-state index in [0.29, 0.717) is 41.4 Å². The van der Waals surface area contributed by atoms with E-state index in [1.165, 1.54) is 19.2 Å². The molecule has 3 aromatic rings. The first kappa shape index (κ1) is 20.5. The summed E-state index contributed by atoms with van der Waals surface area (Å²) in [5.41, 5.74) is 3.24. The van der Waals surface area contributed by atoms with Crippen LogP contribution in [-0.2, 0) is 4.79 Å². The van der Waals surface area contributed by atoms with E-state index in [9.17, 15) is 9.59 Å². The highest BCUT2D eigenvalue weighted by molar-refractivity contribution is 6.08. The molecular formula is C24H27N5O3. The number of piperidine rings is 1. The molecule has 2 aromatic heterocycles. The molecule has 1 aromatic carbocycles. The van der Waals surface area contributed by atoms with Gasteiger partial charge in [-0.25, -0.2) is 9.97 Å². The Kier molecular flexibility index (Phi) is 5.51. The van der Waals surface area contributed by atoms with Crippen molar-refractivity contribution >= 4 is 22.8 Å². The monoisotopic (exact) mass is 433 g/mol. The smallest absolute Gasteiger partial charge is 0.256 e. The van der Waals surface area contributed by atoms with E-state index in [0.717, 1.165) is 30.6 Å². The zero-order valence-electron chi connectivity index (χ0n) is 18.1. The first-order valence-electron chi connectivity index (χ1n) is 11.2. The lowest BCUT2D eigenvalue weighted by atomic mass is 10.1. The molecule has 8 heteroatoms. The van der Waals surface area contributed by atoms with Crippen molar-refractivity contribution in [1.29, 1.82) is 0 Å². The van der Waals surface area contributed by atoms with Crippen LogP contribution < -0.4 is 10.1 Å².